The van der Waals surface area contributed by atoms with E-state index in [1.807, 2.05) is 19.1 Å². The highest BCUT2D eigenvalue weighted by Gasteiger charge is 2.17. The number of allylic oxidation sites excluding steroid dienone is 2. The Kier molecular flexibility index (Phi) is 8.45. The van der Waals surface area contributed by atoms with E-state index in [1.165, 1.54) is 12.0 Å². The number of rotatable bonds is 8. The Morgan fingerprint density at radius 3 is 2.56 bits per heavy atom. The molecule has 0 saturated carbocycles. The van der Waals surface area contributed by atoms with Crippen molar-refractivity contribution in [2.24, 2.45) is 11.8 Å². The maximum Gasteiger partial charge on any atom is 0.338 e. The Balaban J connectivity index is 2.19. The minimum absolute atomic E-state index is 0.374. The van der Waals surface area contributed by atoms with E-state index in [9.17, 15) is 4.79 Å². The monoisotopic (exact) mass is 390 g/mol. The average Bonchev–Trinajstić information content (AvgIpc) is 2.69. The fourth-order valence-corrected chi connectivity index (χ4v) is 3.79. The van der Waals surface area contributed by atoms with Crippen LogP contribution < -0.4 is 4.74 Å². The third-order valence-corrected chi connectivity index (χ3v) is 6.00. The quantitative estimate of drug-likeness (QED) is 0.545. The number of hydrogen-bond acceptors (Lipinski definition) is 5. The summed E-state index contributed by atoms with van der Waals surface area (Å²) < 4.78 is 16.3. The van der Waals surface area contributed by atoms with Gasteiger partial charge in [0.1, 0.15) is 5.75 Å². The van der Waals surface area contributed by atoms with Crippen LogP contribution in [0.15, 0.2) is 35.8 Å². The van der Waals surface area contributed by atoms with Crippen LogP contribution in [0.5, 0.6) is 5.75 Å². The standard InChI is InChI=1S/C22H30O4S/c1-6-21(15(2)3)27-16(4)18-11-19(22(23)24-5)13-20(12-18)26-14-17-7-9-25-10-8-17/h6,11-13,15,17H,4,7-10,14H2,1-3,5H3/b21-6-. The number of carbonyl (C=O) groups is 1. The van der Waals surface area contributed by atoms with Crippen LogP contribution in [0.1, 0.15) is 49.5 Å². The number of carbonyl (C=O) groups excluding carboxylic acids is 1. The molecule has 5 heteroatoms. The maximum atomic E-state index is 12.1. The second kappa shape index (κ2) is 10.6. The molecule has 1 fully saturated rings. The molecule has 0 aliphatic carbocycles. The Hall–Kier alpha value is -1.72. The summed E-state index contributed by atoms with van der Waals surface area (Å²) in [7, 11) is 1.39. The molecule has 1 aromatic rings. The molecule has 1 saturated heterocycles. The second-order valence-electron chi connectivity index (χ2n) is 6.98. The van der Waals surface area contributed by atoms with Gasteiger partial charge in [-0.15, -0.1) is 0 Å². The summed E-state index contributed by atoms with van der Waals surface area (Å²) in [6.45, 7) is 12.8. The van der Waals surface area contributed by atoms with E-state index in [1.54, 1.807) is 17.8 Å². The molecule has 0 bridgehead atoms. The predicted molar refractivity (Wildman–Crippen MR) is 112 cm³/mol. The maximum absolute atomic E-state index is 12.1. The molecular weight excluding hydrogens is 360 g/mol. The van der Waals surface area contributed by atoms with Gasteiger partial charge in [-0.25, -0.2) is 4.79 Å². The number of methoxy groups -OCH3 is 1. The smallest absolute Gasteiger partial charge is 0.338 e. The van der Waals surface area contributed by atoms with Crippen molar-refractivity contribution in [1.82, 2.24) is 0 Å². The largest absolute Gasteiger partial charge is 0.493 e. The van der Waals surface area contributed by atoms with Crippen LogP contribution in [0.2, 0.25) is 0 Å². The molecule has 27 heavy (non-hydrogen) atoms. The minimum atomic E-state index is -0.374. The summed E-state index contributed by atoms with van der Waals surface area (Å²) in [4.78, 5) is 14.2. The van der Waals surface area contributed by atoms with E-state index in [2.05, 4.69) is 26.5 Å². The molecule has 0 atom stereocenters. The van der Waals surface area contributed by atoms with E-state index >= 15 is 0 Å². The highest BCUT2D eigenvalue weighted by Crippen LogP contribution is 2.37. The highest BCUT2D eigenvalue weighted by atomic mass is 32.2. The average molecular weight is 391 g/mol. The number of hydrogen-bond donors (Lipinski definition) is 0. The van der Waals surface area contributed by atoms with Gasteiger partial charge in [-0.3, -0.25) is 0 Å². The number of esters is 1. The third kappa shape index (κ3) is 6.43. The molecule has 1 heterocycles. The van der Waals surface area contributed by atoms with E-state index in [0.717, 1.165) is 36.5 Å². The van der Waals surface area contributed by atoms with E-state index in [-0.39, 0.29) is 5.97 Å². The van der Waals surface area contributed by atoms with Gasteiger partial charge < -0.3 is 14.2 Å². The lowest BCUT2D eigenvalue weighted by Gasteiger charge is -2.22. The van der Waals surface area contributed by atoms with Crippen LogP contribution in [0.4, 0.5) is 0 Å². The van der Waals surface area contributed by atoms with E-state index in [4.69, 9.17) is 14.2 Å². The summed E-state index contributed by atoms with van der Waals surface area (Å²) >= 11 is 1.63. The van der Waals surface area contributed by atoms with Crippen molar-refractivity contribution in [1.29, 1.82) is 0 Å². The van der Waals surface area contributed by atoms with Crippen LogP contribution in [0.3, 0.4) is 0 Å². The molecule has 0 radical (unpaired) electrons. The fourth-order valence-electron chi connectivity index (χ4n) is 2.92. The molecule has 0 N–H and O–H groups in total. The summed E-state index contributed by atoms with van der Waals surface area (Å²) in [5.74, 6) is 1.20. The first-order chi connectivity index (χ1) is 12.9. The van der Waals surface area contributed by atoms with Gasteiger partial charge in [0.15, 0.2) is 0 Å². The Bertz CT molecular complexity index is 688. The van der Waals surface area contributed by atoms with Crippen LogP contribution >= 0.6 is 11.8 Å². The molecule has 1 aliphatic rings. The summed E-state index contributed by atoms with van der Waals surface area (Å²) in [6, 6.07) is 5.51. The number of thioether (sulfide) groups is 1. The van der Waals surface area contributed by atoms with Gasteiger partial charge in [-0.05, 0) is 60.3 Å². The van der Waals surface area contributed by atoms with Crippen LogP contribution in [0, 0.1) is 11.8 Å². The molecule has 1 aromatic carbocycles. The fraction of sp³-hybridized carbons (Fsp3) is 0.500. The number of ether oxygens (including phenoxy) is 3. The van der Waals surface area contributed by atoms with Crippen molar-refractivity contribution in [3.8, 4) is 5.75 Å². The zero-order chi connectivity index (χ0) is 19.8. The van der Waals surface area contributed by atoms with Crippen molar-refractivity contribution in [3.63, 3.8) is 0 Å². The van der Waals surface area contributed by atoms with Gasteiger partial charge in [0.25, 0.3) is 0 Å². The van der Waals surface area contributed by atoms with Crippen LogP contribution in [-0.2, 0) is 9.47 Å². The zero-order valence-electron chi connectivity index (χ0n) is 16.7. The zero-order valence-corrected chi connectivity index (χ0v) is 17.6. The second-order valence-corrected chi connectivity index (χ2v) is 8.14. The molecule has 148 valence electrons. The van der Waals surface area contributed by atoms with Gasteiger partial charge in [0.2, 0.25) is 0 Å². The van der Waals surface area contributed by atoms with E-state index < -0.39 is 0 Å². The van der Waals surface area contributed by atoms with Crippen molar-refractivity contribution in [3.05, 3.63) is 46.9 Å². The molecular formula is C22H30O4S. The van der Waals surface area contributed by atoms with Crippen molar-refractivity contribution in [2.75, 3.05) is 26.9 Å². The van der Waals surface area contributed by atoms with Crippen molar-refractivity contribution < 1.29 is 19.0 Å². The SMILES string of the molecule is C=C(S/C(=C\C)C(C)C)c1cc(OCC2CCOCC2)cc(C(=O)OC)c1. The van der Waals surface area contributed by atoms with Gasteiger partial charge >= 0.3 is 5.97 Å². The van der Waals surface area contributed by atoms with Gasteiger partial charge in [-0.2, -0.15) is 0 Å². The molecule has 2 rings (SSSR count). The molecule has 0 unspecified atom stereocenters. The number of benzene rings is 1. The topological polar surface area (TPSA) is 44.8 Å². The van der Waals surface area contributed by atoms with Crippen LogP contribution in [-0.4, -0.2) is 32.9 Å². The van der Waals surface area contributed by atoms with Gasteiger partial charge in [-0.1, -0.05) is 38.3 Å². The molecule has 0 aromatic heterocycles. The first kappa shape index (κ1) is 21.6. The lowest BCUT2D eigenvalue weighted by molar-refractivity contribution is 0.0497. The Labute approximate surface area is 167 Å². The van der Waals surface area contributed by atoms with Crippen molar-refractivity contribution in [2.45, 2.75) is 33.6 Å². The Morgan fingerprint density at radius 2 is 1.96 bits per heavy atom. The van der Waals surface area contributed by atoms with Crippen molar-refractivity contribution >= 4 is 22.6 Å². The lowest BCUT2D eigenvalue weighted by Crippen LogP contribution is -2.21. The minimum Gasteiger partial charge on any atom is -0.493 e. The predicted octanol–water partition coefficient (Wildman–Crippen LogP) is 5.54. The lowest BCUT2D eigenvalue weighted by atomic mass is 10.0. The normalized spacial score (nSPS) is 15.7. The molecule has 1 aliphatic heterocycles. The highest BCUT2D eigenvalue weighted by molar-refractivity contribution is 8.11. The molecule has 0 amide bonds. The summed E-state index contributed by atoms with van der Waals surface area (Å²) in [5, 5.41) is 0. The van der Waals surface area contributed by atoms with Crippen LogP contribution in [0.25, 0.3) is 4.91 Å². The molecule has 4 nitrogen and oxygen atoms in total. The van der Waals surface area contributed by atoms with E-state index in [0.29, 0.717) is 29.8 Å². The Morgan fingerprint density at radius 1 is 1.30 bits per heavy atom. The first-order valence-corrected chi connectivity index (χ1v) is 10.2. The third-order valence-electron chi connectivity index (χ3n) is 4.57. The summed E-state index contributed by atoms with van der Waals surface area (Å²) in [6.07, 6.45) is 4.11. The van der Waals surface area contributed by atoms with Gasteiger partial charge in [0, 0.05) is 18.1 Å². The first-order valence-electron chi connectivity index (χ1n) is 9.41. The van der Waals surface area contributed by atoms with Gasteiger partial charge in [0.05, 0.1) is 19.3 Å². The molecule has 0 spiro atoms. The summed E-state index contributed by atoms with van der Waals surface area (Å²) in [5.41, 5.74) is 1.36.